The molecule has 0 fully saturated rings. The van der Waals surface area contributed by atoms with Crippen LogP contribution in [0.3, 0.4) is 0 Å². The van der Waals surface area contributed by atoms with Gasteiger partial charge in [0.25, 0.3) is 0 Å². The molecular weight excluding hydrogens is 506 g/mol. The van der Waals surface area contributed by atoms with E-state index in [9.17, 15) is 14.4 Å². The second-order valence-corrected chi connectivity index (χ2v) is 11.2. The maximum Gasteiger partial charge on any atom is 0.328 e. The van der Waals surface area contributed by atoms with Crippen molar-refractivity contribution in [2.24, 2.45) is 22.7 Å². The molecule has 3 rings (SSSR count). The van der Waals surface area contributed by atoms with Crippen LogP contribution in [0.2, 0.25) is 0 Å². The third-order valence-electron chi connectivity index (χ3n) is 7.16. The Labute approximate surface area is 237 Å². The van der Waals surface area contributed by atoms with Crippen LogP contribution >= 0.6 is 0 Å². The Morgan fingerprint density at radius 3 is 1.98 bits per heavy atom. The van der Waals surface area contributed by atoms with Gasteiger partial charge < -0.3 is 20.1 Å². The number of ether oxygens (including phenoxy) is 2. The van der Waals surface area contributed by atoms with E-state index >= 15 is 0 Å². The molecule has 1 heterocycles. The van der Waals surface area contributed by atoms with Crippen molar-refractivity contribution in [2.75, 3.05) is 7.11 Å². The number of carbonyl (C=O) groups excluding carboxylic acids is 3. The molecule has 1 unspecified atom stereocenters. The zero-order valence-electron chi connectivity index (χ0n) is 24.4. The molecule has 2 N–H and O–H groups in total. The van der Waals surface area contributed by atoms with Crippen molar-refractivity contribution < 1.29 is 23.9 Å². The Bertz CT molecular complexity index is 1150. The Hall–Kier alpha value is -3.68. The third kappa shape index (κ3) is 8.66. The first-order valence-electron chi connectivity index (χ1n) is 14.1. The van der Waals surface area contributed by atoms with Crippen LogP contribution in [-0.4, -0.2) is 55.0 Å². The van der Waals surface area contributed by atoms with E-state index in [0.29, 0.717) is 12.3 Å². The minimum absolute atomic E-state index is 0.0502. The van der Waals surface area contributed by atoms with Gasteiger partial charge in [-0.15, -0.1) is 0 Å². The minimum atomic E-state index is -0.815. The van der Waals surface area contributed by atoms with Gasteiger partial charge in [0.15, 0.2) is 5.90 Å². The Morgan fingerprint density at radius 2 is 1.43 bits per heavy atom. The predicted octanol–water partition coefficient (Wildman–Crippen LogP) is 4.12. The number of aliphatic imine (C=N–C) groups is 1. The van der Waals surface area contributed by atoms with Gasteiger partial charge in [0.1, 0.15) is 18.2 Å². The van der Waals surface area contributed by atoms with Gasteiger partial charge in [0, 0.05) is 5.92 Å². The lowest BCUT2D eigenvalue weighted by molar-refractivity contribution is -0.146. The fourth-order valence-electron chi connectivity index (χ4n) is 4.84. The largest absolute Gasteiger partial charge is 0.475 e. The van der Waals surface area contributed by atoms with E-state index in [1.165, 1.54) is 12.7 Å². The van der Waals surface area contributed by atoms with Crippen LogP contribution in [0.5, 0.6) is 0 Å². The molecule has 1 aliphatic rings. The number of amides is 2. The molecule has 0 saturated carbocycles. The van der Waals surface area contributed by atoms with Gasteiger partial charge in [0.05, 0.1) is 19.6 Å². The standard InChI is InChI=1S/C32H43N3O5/c1-20(2)28(30(37)35-29(21(3)4)32(38)39-6)34-27(36)19-26-25(18-24-15-11-8-12-16-24)33-31(40-26)22(5)17-23-13-9-7-10-14-23/h7-16,20-22,25-26,28-29H,17-19H2,1-6H3,(H,34,36)(H,35,37)/t22-,25-,26+,28-,29?/m0/s1. The summed E-state index contributed by atoms with van der Waals surface area (Å²) >= 11 is 0. The summed E-state index contributed by atoms with van der Waals surface area (Å²) in [7, 11) is 1.29. The highest BCUT2D eigenvalue weighted by atomic mass is 16.5. The zero-order valence-corrected chi connectivity index (χ0v) is 24.4. The Morgan fingerprint density at radius 1 is 0.850 bits per heavy atom. The van der Waals surface area contributed by atoms with E-state index < -0.39 is 30.1 Å². The van der Waals surface area contributed by atoms with E-state index in [1.807, 2.05) is 76.2 Å². The monoisotopic (exact) mass is 549 g/mol. The molecule has 40 heavy (non-hydrogen) atoms. The molecule has 216 valence electrons. The molecular formula is C32H43N3O5. The number of esters is 1. The lowest BCUT2D eigenvalue weighted by atomic mass is 9.98. The van der Waals surface area contributed by atoms with Crippen LogP contribution in [0.4, 0.5) is 0 Å². The summed E-state index contributed by atoms with van der Waals surface area (Å²) in [5.41, 5.74) is 2.31. The summed E-state index contributed by atoms with van der Waals surface area (Å²) in [6, 6.07) is 18.4. The van der Waals surface area contributed by atoms with E-state index in [4.69, 9.17) is 14.5 Å². The molecule has 0 spiro atoms. The number of carbonyl (C=O) groups is 3. The maximum atomic E-state index is 13.3. The summed E-state index contributed by atoms with van der Waals surface area (Å²) in [5.74, 6) is -0.907. The van der Waals surface area contributed by atoms with E-state index in [0.717, 1.165) is 12.0 Å². The van der Waals surface area contributed by atoms with Gasteiger partial charge in [-0.3, -0.25) is 9.59 Å². The molecule has 8 heteroatoms. The van der Waals surface area contributed by atoms with Gasteiger partial charge in [-0.05, 0) is 35.8 Å². The highest BCUT2D eigenvalue weighted by Gasteiger charge is 2.36. The van der Waals surface area contributed by atoms with Crippen molar-refractivity contribution >= 4 is 23.7 Å². The SMILES string of the molecule is COC(=O)C(NC(=O)[C@@H](NC(=O)C[C@H]1OC([C@@H](C)Cc2ccccc2)=N[C@H]1Cc1ccccc1)C(C)C)C(C)C. The van der Waals surface area contributed by atoms with Gasteiger partial charge in [-0.1, -0.05) is 95.3 Å². The molecule has 0 aromatic heterocycles. The summed E-state index contributed by atoms with van der Waals surface area (Å²) in [4.78, 5) is 43.5. The predicted molar refractivity (Wildman–Crippen MR) is 156 cm³/mol. The molecule has 2 amide bonds. The number of hydrogen-bond donors (Lipinski definition) is 2. The van der Waals surface area contributed by atoms with Crippen molar-refractivity contribution in [2.45, 2.75) is 78.1 Å². The highest BCUT2D eigenvalue weighted by molar-refractivity contribution is 5.91. The molecule has 0 saturated heterocycles. The number of methoxy groups -OCH3 is 1. The van der Waals surface area contributed by atoms with Crippen molar-refractivity contribution in [3.05, 3.63) is 71.8 Å². The van der Waals surface area contributed by atoms with E-state index in [-0.39, 0.29) is 36.1 Å². The van der Waals surface area contributed by atoms with Gasteiger partial charge in [-0.2, -0.15) is 0 Å². The van der Waals surface area contributed by atoms with Crippen molar-refractivity contribution in [3.8, 4) is 0 Å². The summed E-state index contributed by atoms with van der Waals surface area (Å²) in [5, 5.41) is 5.63. The molecule has 0 bridgehead atoms. The number of hydrogen-bond acceptors (Lipinski definition) is 6. The minimum Gasteiger partial charge on any atom is -0.475 e. The summed E-state index contributed by atoms with van der Waals surface area (Å²) in [6.45, 7) is 9.43. The second-order valence-electron chi connectivity index (χ2n) is 11.2. The molecule has 0 aliphatic carbocycles. The lowest BCUT2D eigenvalue weighted by Gasteiger charge is -2.27. The molecule has 8 nitrogen and oxygen atoms in total. The van der Waals surface area contributed by atoms with Crippen LogP contribution in [0.15, 0.2) is 65.7 Å². The van der Waals surface area contributed by atoms with Crippen LogP contribution in [0, 0.1) is 17.8 Å². The fraction of sp³-hybridized carbons (Fsp3) is 0.500. The van der Waals surface area contributed by atoms with Crippen molar-refractivity contribution in [1.82, 2.24) is 10.6 Å². The quantitative estimate of drug-likeness (QED) is 0.366. The highest BCUT2D eigenvalue weighted by Crippen LogP contribution is 2.25. The topological polar surface area (TPSA) is 106 Å². The van der Waals surface area contributed by atoms with Crippen molar-refractivity contribution in [3.63, 3.8) is 0 Å². The number of benzene rings is 2. The van der Waals surface area contributed by atoms with Gasteiger partial charge in [-0.25, -0.2) is 9.79 Å². The average Bonchev–Trinajstić information content (AvgIpc) is 3.32. The smallest absolute Gasteiger partial charge is 0.328 e. The molecule has 5 atom stereocenters. The molecule has 2 aromatic rings. The van der Waals surface area contributed by atoms with Crippen LogP contribution < -0.4 is 10.6 Å². The normalized spacial score (nSPS) is 18.9. The lowest BCUT2D eigenvalue weighted by Crippen LogP contribution is -2.55. The molecule has 2 aromatic carbocycles. The van der Waals surface area contributed by atoms with E-state index in [1.54, 1.807) is 0 Å². The Balaban J connectivity index is 1.71. The maximum absolute atomic E-state index is 13.3. The van der Waals surface area contributed by atoms with Gasteiger partial charge in [0.2, 0.25) is 11.8 Å². The van der Waals surface area contributed by atoms with Gasteiger partial charge >= 0.3 is 5.97 Å². The summed E-state index contributed by atoms with van der Waals surface area (Å²) < 4.78 is 11.2. The number of nitrogens with zero attached hydrogens (tertiary/aromatic N) is 1. The second kappa shape index (κ2) is 14.6. The van der Waals surface area contributed by atoms with Crippen LogP contribution in [0.1, 0.15) is 52.2 Å². The average molecular weight is 550 g/mol. The number of nitrogens with one attached hydrogen (secondary N) is 2. The zero-order chi connectivity index (χ0) is 29.2. The summed E-state index contributed by atoms with van der Waals surface area (Å²) in [6.07, 6.45) is 1.03. The van der Waals surface area contributed by atoms with Crippen LogP contribution in [0.25, 0.3) is 0 Å². The number of rotatable bonds is 13. The Kier molecular flexibility index (Phi) is 11.3. The van der Waals surface area contributed by atoms with Crippen molar-refractivity contribution in [1.29, 1.82) is 0 Å². The molecule has 1 aliphatic heterocycles. The first-order valence-corrected chi connectivity index (χ1v) is 14.1. The van der Waals surface area contributed by atoms with E-state index in [2.05, 4.69) is 29.7 Å². The first kappa shape index (κ1) is 30.9. The van der Waals surface area contributed by atoms with Crippen LogP contribution in [-0.2, 0) is 36.7 Å². The fourth-order valence-corrected chi connectivity index (χ4v) is 4.84. The first-order chi connectivity index (χ1) is 19.1. The third-order valence-corrected chi connectivity index (χ3v) is 7.16. The molecule has 0 radical (unpaired) electrons.